The molecule has 1 aliphatic rings. The molecule has 0 saturated carbocycles. The van der Waals surface area contributed by atoms with Gasteiger partial charge in [-0.3, -0.25) is 14.3 Å². The first-order valence-corrected chi connectivity index (χ1v) is 21.1. The molecule has 6 rings (SSSR count). The average Bonchev–Trinajstić information content (AvgIpc) is 3.80. The third-order valence-electron chi connectivity index (χ3n) is 10.3. The highest BCUT2D eigenvalue weighted by atomic mass is 35.5. The Labute approximate surface area is 360 Å². The van der Waals surface area contributed by atoms with E-state index in [1.54, 1.807) is 41.4 Å². The van der Waals surface area contributed by atoms with E-state index in [4.69, 9.17) is 25.8 Å². The van der Waals surface area contributed by atoms with E-state index in [0.29, 0.717) is 60.9 Å². The van der Waals surface area contributed by atoms with E-state index in [2.05, 4.69) is 15.3 Å². The van der Waals surface area contributed by atoms with Gasteiger partial charge in [0.25, 0.3) is 0 Å². The number of benzene rings is 3. The van der Waals surface area contributed by atoms with Gasteiger partial charge in [0.2, 0.25) is 0 Å². The van der Waals surface area contributed by atoms with Gasteiger partial charge in [-0.15, -0.1) is 0 Å². The summed E-state index contributed by atoms with van der Waals surface area (Å²) >= 11 is 6.39. The Morgan fingerprint density at radius 1 is 0.951 bits per heavy atom. The van der Waals surface area contributed by atoms with Crippen LogP contribution in [0.4, 0.5) is 14.0 Å². The van der Waals surface area contributed by atoms with E-state index >= 15 is 4.39 Å². The zero-order valence-corrected chi connectivity index (χ0v) is 36.6. The van der Waals surface area contributed by atoms with Gasteiger partial charge in [-0.1, -0.05) is 54.1 Å². The van der Waals surface area contributed by atoms with Crippen molar-refractivity contribution in [3.05, 3.63) is 117 Å². The topological polar surface area (TPSA) is 145 Å². The maximum absolute atomic E-state index is 15.5. The molecule has 5 aromatic rings. The molecule has 324 valence electrons. The van der Waals surface area contributed by atoms with Crippen molar-refractivity contribution in [3.63, 3.8) is 0 Å². The number of H-pyrrole nitrogens is 1. The lowest BCUT2D eigenvalue weighted by Gasteiger charge is -2.33. The SMILES string of the molecule is C[C@@H](CCCc1cc(Cl)c(F)c(-c2cc3cn(-c4ccc(C5CCC(CCC(=O)OC(C)(C)C)N5C(=O)OC(C)(C)C)cc4)c(=O)nc3[nH]2)c1)NC(=O)OCc1ccccc1. The molecule has 2 unspecified atom stereocenters. The number of aromatic nitrogens is 3. The smallest absolute Gasteiger partial charge is 0.411 e. The number of alkyl carbamates (subject to hydrolysis) is 1. The third kappa shape index (κ3) is 12.0. The molecule has 61 heavy (non-hydrogen) atoms. The zero-order valence-electron chi connectivity index (χ0n) is 35.8. The van der Waals surface area contributed by atoms with Gasteiger partial charge in [-0.25, -0.2) is 18.8 Å². The van der Waals surface area contributed by atoms with Crippen molar-refractivity contribution in [1.82, 2.24) is 24.8 Å². The number of nitrogens with zero attached hydrogens (tertiary/aromatic N) is 3. The summed E-state index contributed by atoms with van der Waals surface area (Å²) in [5.74, 6) is -0.914. The summed E-state index contributed by atoms with van der Waals surface area (Å²) in [6.45, 7) is 13.0. The minimum absolute atomic E-state index is 0.0312. The fourth-order valence-corrected chi connectivity index (χ4v) is 7.82. The molecule has 14 heteroatoms. The van der Waals surface area contributed by atoms with Crippen LogP contribution in [0.5, 0.6) is 0 Å². The number of amides is 2. The van der Waals surface area contributed by atoms with Crippen LogP contribution >= 0.6 is 11.6 Å². The Kier molecular flexibility index (Phi) is 13.9. The van der Waals surface area contributed by atoms with Crippen LogP contribution in [-0.4, -0.2) is 60.9 Å². The molecule has 2 N–H and O–H groups in total. The number of carbonyl (C=O) groups is 3. The number of hydrogen-bond acceptors (Lipinski definition) is 8. The van der Waals surface area contributed by atoms with Crippen LogP contribution in [0.15, 0.2) is 83.8 Å². The number of ether oxygens (including phenoxy) is 3. The maximum atomic E-state index is 15.5. The fourth-order valence-electron chi connectivity index (χ4n) is 7.58. The first kappa shape index (κ1) is 44.9. The summed E-state index contributed by atoms with van der Waals surface area (Å²) < 4.78 is 33.6. The standard InChI is InChI=1S/C47H55ClFN5O7/c1-29(50-44(57)59-28-30-13-9-8-10-14-30)12-11-15-31-24-36(41(49)37(48)25-31)38-26-33-27-53(43(56)52-42(33)51-38)34-18-16-32(17-19-34)39-22-20-35(21-23-40(55)60-46(2,3)4)54(39)45(58)61-47(5,6)7/h8-10,13-14,16-19,24-27,29,35,39H,11-12,15,20-23,28H2,1-7H3,(H,50,57)(H,51,52,56)/t29-,35?,39?/m0/s1. The first-order chi connectivity index (χ1) is 28.8. The second kappa shape index (κ2) is 18.9. The summed E-state index contributed by atoms with van der Waals surface area (Å²) in [6, 6.07) is 21.2. The molecule has 1 saturated heterocycles. The molecule has 1 aliphatic heterocycles. The van der Waals surface area contributed by atoms with Crippen molar-refractivity contribution in [2.45, 2.75) is 129 Å². The Morgan fingerprint density at radius 2 is 1.66 bits per heavy atom. The number of fused-ring (bicyclic) bond motifs is 1. The number of rotatable bonds is 13. The number of esters is 1. The molecule has 2 aromatic heterocycles. The Hall–Kier alpha value is -5.69. The number of likely N-dealkylation sites (tertiary alicyclic amines) is 1. The monoisotopic (exact) mass is 855 g/mol. The molecule has 0 radical (unpaired) electrons. The van der Waals surface area contributed by atoms with Crippen LogP contribution in [0.1, 0.15) is 110 Å². The van der Waals surface area contributed by atoms with Crippen LogP contribution in [0, 0.1) is 5.82 Å². The summed E-state index contributed by atoms with van der Waals surface area (Å²) in [5, 5.41) is 3.40. The van der Waals surface area contributed by atoms with Crippen LogP contribution in [0.2, 0.25) is 5.02 Å². The molecule has 0 aliphatic carbocycles. The number of aromatic amines is 1. The summed E-state index contributed by atoms with van der Waals surface area (Å²) in [6.07, 6.45) is 4.61. The molecule has 0 bridgehead atoms. The lowest BCUT2D eigenvalue weighted by Crippen LogP contribution is -2.41. The van der Waals surface area contributed by atoms with Crippen molar-refractivity contribution in [3.8, 4) is 16.9 Å². The van der Waals surface area contributed by atoms with Gasteiger partial charge in [-0.2, -0.15) is 4.98 Å². The van der Waals surface area contributed by atoms with Gasteiger partial charge in [0.05, 0.1) is 22.4 Å². The maximum Gasteiger partial charge on any atom is 0.411 e. The number of hydrogen-bond donors (Lipinski definition) is 2. The van der Waals surface area contributed by atoms with E-state index in [1.165, 1.54) is 4.57 Å². The Bertz CT molecular complexity index is 2400. The lowest BCUT2D eigenvalue weighted by atomic mass is 10.0. The van der Waals surface area contributed by atoms with Crippen LogP contribution in [0.25, 0.3) is 28.0 Å². The predicted molar refractivity (Wildman–Crippen MR) is 233 cm³/mol. The quantitative estimate of drug-likeness (QED) is 0.0880. The van der Waals surface area contributed by atoms with Gasteiger partial charge in [0.1, 0.15) is 23.5 Å². The van der Waals surface area contributed by atoms with E-state index < -0.39 is 34.9 Å². The molecule has 1 fully saturated rings. The van der Waals surface area contributed by atoms with Gasteiger partial charge in [0.15, 0.2) is 5.82 Å². The molecule has 0 spiro atoms. The zero-order chi connectivity index (χ0) is 44.1. The third-order valence-corrected chi connectivity index (χ3v) is 10.6. The van der Waals surface area contributed by atoms with E-state index in [-0.39, 0.29) is 47.7 Å². The fraction of sp³-hybridized carbons (Fsp3) is 0.426. The highest BCUT2D eigenvalue weighted by molar-refractivity contribution is 6.31. The molecule has 12 nitrogen and oxygen atoms in total. The molecule has 3 atom stereocenters. The number of halogens is 2. The van der Waals surface area contributed by atoms with E-state index in [1.807, 2.05) is 90.9 Å². The molecular weight excluding hydrogens is 801 g/mol. The lowest BCUT2D eigenvalue weighted by molar-refractivity contribution is -0.155. The molecule has 3 heterocycles. The van der Waals surface area contributed by atoms with Crippen molar-refractivity contribution < 1.29 is 33.0 Å². The van der Waals surface area contributed by atoms with Gasteiger partial charge in [0, 0.05) is 35.7 Å². The van der Waals surface area contributed by atoms with Crippen molar-refractivity contribution in [2.75, 3.05) is 0 Å². The summed E-state index contributed by atoms with van der Waals surface area (Å²) in [5.41, 5.74) is 2.23. The van der Waals surface area contributed by atoms with Gasteiger partial charge < -0.3 is 24.5 Å². The number of carbonyl (C=O) groups excluding carboxylic acids is 3. The highest BCUT2D eigenvalue weighted by Gasteiger charge is 2.40. The molecule has 2 amide bonds. The second-order valence-electron chi connectivity index (χ2n) is 17.7. The Morgan fingerprint density at radius 3 is 2.34 bits per heavy atom. The first-order valence-electron chi connectivity index (χ1n) is 20.7. The number of nitrogens with one attached hydrogen (secondary N) is 2. The van der Waals surface area contributed by atoms with E-state index in [9.17, 15) is 19.2 Å². The summed E-state index contributed by atoms with van der Waals surface area (Å²) in [4.78, 5) is 60.9. The predicted octanol–water partition coefficient (Wildman–Crippen LogP) is 10.4. The van der Waals surface area contributed by atoms with Crippen LogP contribution in [0.3, 0.4) is 0 Å². The minimum Gasteiger partial charge on any atom is -0.460 e. The normalized spacial score (nSPS) is 16.0. The second-order valence-corrected chi connectivity index (χ2v) is 18.1. The Balaban J connectivity index is 1.13. The average molecular weight is 856 g/mol. The van der Waals surface area contributed by atoms with Crippen LogP contribution < -0.4 is 11.0 Å². The van der Waals surface area contributed by atoms with Gasteiger partial charge in [-0.05, 0) is 134 Å². The molecule has 3 aromatic carbocycles. The highest BCUT2D eigenvalue weighted by Crippen LogP contribution is 2.39. The van der Waals surface area contributed by atoms with Crippen molar-refractivity contribution in [1.29, 1.82) is 0 Å². The van der Waals surface area contributed by atoms with E-state index in [0.717, 1.165) is 16.7 Å². The number of aryl methyl sites for hydroxylation is 1. The minimum atomic E-state index is -0.713. The molecular formula is C47H55ClFN5O7. The van der Waals surface area contributed by atoms with Crippen molar-refractivity contribution in [2.24, 2.45) is 0 Å². The van der Waals surface area contributed by atoms with Crippen molar-refractivity contribution >= 4 is 40.8 Å². The van der Waals surface area contributed by atoms with Gasteiger partial charge >= 0.3 is 23.8 Å². The van der Waals surface area contributed by atoms with Crippen LogP contribution in [-0.2, 0) is 32.0 Å². The summed E-state index contributed by atoms with van der Waals surface area (Å²) in [7, 11) is 0. The largest absolute Gasteiger partial charge is 0.460 e.